The second-order valence-electron chi connectivity index (χ2n) is 6.74. The topological polar surface area (TPSA) is 59.0 Å². The molecule has 1 aromatic heterocycles. The van der Waals surface area contributed by atoms with Crippen LogP contribution in [0.3, 0.4) is 0 Å². The highest BCUT2D eigenvalue weighted by atomic mass is 16.2. The molecule has 22 heavy (non-hydrogen) atoms. The lowest BCUT2D eigenvalue weighted by Crippen LogP contribution is -2.21. The molecule has 5 heteroatoms. The summed E-state index contributed by atoms with van der Waals surface area (Å²) in [6.07, 6.45) is 0. The molecule has 2 N–H and O–H groups in total. The van der Waals surface area contributed by atoms with Crippen LogP contribution in [-0.2, 0) is 12.5 Å². The first kappa shape index (κ1) is 16.1. The van der Waals surface area contributed by atoms with Gasteiger partial charge in [-0.3, -0.25) is 10.00 Å². The van der Waals surface area contributed by atoms with Crippen molar-refractivity contribution in [2.45, 2.75) is 40.0 Å². The van der Waals surface area contributed by atoms with Crippen molar-refractivity contribution < 1.29 is 4.79 Å². The number of aryl methyl sites for hydroxylation is 3. The summed E-state index contributed by atoms with van der Waals surface area (Å²) < 4.78 is 1.68. The van der Waals surface area contributed by atoms with Crippen LogP contribution in [0.2, 0.25) is 0 Å². The minimum absolute atomic E-state index is 0.0537. The van der Waals surface area contributed by atoms with Crippen molar-refractivity contribution in [2.24, 2.45) is 7.05 Å². The first-order valence-electron chi connectivity index (χ1n) is 7.36. The number of rotatable bonds is 2. The number of carbonyl (C=O) groups excluding carboxylic acids is 1. The van der Waals surface area contributed by atoms with Crippen LogP contribution in [0.4, 0.5) is 16.3 Å². The smallest absolute Gasteiger partial charge is 0.308 e. The summed E-state index contributed by atoms with van der Waals surface area (Å²) in [5.74, 6) is 0.673. The number of amides is 2. The predicted molar refractivity (Wildman–Crippen MR) is 90.5 cm³/mol. The molecule has 0 bridgehead atoms. The fourth-order valence-electron chi connectivity index (χ4n) is 2.28. The van der Waals surface area contributed by atoms with E-state index in [4.69, 9.17) is 0 Å². The van der Waals surface area contributed by atoms with Crippen molar-refractivity contribution in [3.63, 3.8) is 0 Å². The highest BCUT2D eigenvalue weighted by molar-refractivity contribution is 5.99. The van der Waals surface area contributed by atoms with Gasteiger partial charge in [0.05, 0.1) is 5.69 Å². The van der Waals surface area contributed by atoms with Gasteiger partial charge in [0.25, 0.3) is 0 Å². The number of hydrogen-bond donors (Lipinski definition) is 2. The number of nitrogens with one attached hydrogen (secondary N) is 2. The molecule has 2 amide bonds. The summed E-state index contributed by atoms with van der Waals surface area (Å²) in [6, 6.07) is 7.58. The minimum Gasteiger partial charge on any atom is -0.308 e. The molecule has 2 aromatic rings. The molecule has 0 aliphatic heterocycles. The maximum Gasteiger partial charge on any atom is 0.324 e. The lowest BCUT2D eigenvalue weighted by atomic mass is 9.92. The van der Waals surface area contributed by atoms with Gasteiger partial charge in [0.2, 0.25) is 0 Å². The van der Waals surface area contributed by atoms with Gasteiger partial charge in [-0.05, 0) is 37.1 Å². The molecule has 2 rings (SSSR count). The highest BCUT2D eigenvalue weighted by Crippen LogP contribution is 2.23. The normalized spacial score (nSPS) is 11.4. The molecular formula is C17H24N4O. The molecule has 0 saturated carbocycles. The van der Waals surface area contributed by atoms with E-state index >= 15 is 0 Å². The Balaban J connectivity index is 2.11. The van der Waals surface area contributed by atoms with Crippen molar-refractivity contribution in [3.05, 3.63) is 41.1 Å². The van der Waals surface area contributed by atoms with Crippen LogP contribution in [0.1, 0.15) is 37.6 Å². The number of nitrogens with zero attached hydrogens (tertiary/aromatic N) is 2. The molecule has 0 spiro atoms. The third-order valence-corrected chi connectivity index (χ3v) is 3.37. The second kappa shape index (κ2) is 5.83. The van der Waals surface area contributed by atoms with E-state index in [0.717, 1.165) is 22.5 Å². The highest BCUT2D eigenvalue weighted by Gasteiger charge is 2.19. The Kier molecular flexibility index (Phi) is 4.26. The number of anilines is 2. The van der Waals surface area contributed by atoms with Crippen molar-refractivity contribution in [3.8, 4) is 0 Å². The van der Waals surface area contributed by atoms with Gasteiger partial charge in [-0.2, -0.15) is 5.10 Å². The quantitative estimate of drug-likeness (QED) is 0.881. The SMILES string of the molecule is Cc1cc(C)cc(NC(=O)Nc2cc(C(C)(C)C)nn2C)c1. The Hall–Kier alpha value is -2.30. The number of hydrogen-bond acceptors (Lipinski definition) is 2. The first-order chi connectivity index (χ1) is 10.1. The van der Waals surface area contributed by atoms with Crippen molar-refractivity contribution >= 4 is 17.5 Å². The largest absolute Gasteiger partial charge is 0.324 e. The van der Waals surface area contributed by atoms with Crippen molar-refractivity contribution in [1.82, 2.24) is 9.78 Å². The molecule has 5 nitrogen and oxygen atoms in total. The van der Waals surface area contributed by atoms with E-state index in [1.165, 1.54) is 0 Å². The number of urea groups is 1. The van der Waals surface area contributed by atoms with E-state index in [1.54, 1.807) is 4.68 Å². The summed E-state index contributed by atoms with van der Waals surface area (Å²) >= 11 is 0. The molecule has 0 saturated heterocycles. The fourth-order valence-corrected chi connectivity index (χ4v) is 2.28. The van der Waals surface area contributed by atoms with Gasteiger partial charge in [-0.15, -0.1) is 0 Å². The molecule has 1 heterocycles. The zero-order chi connectivity index (χ0) is 16.5. The van der Waals surface area contributed by atoms with Gasteiger partial charge in [0.1, 0.15) is 5.82 Å². The van der Waals surface area contributed by atoms with E-state index in [9.17, 15) is 4.79 Å². The van der Waals surface area contributed by atoms with E-state index < -0.39 is 0 Å². The van der Waals surface area contributed by atoms with Crippen LogP contribution in [-0.4, -0.2) is 15.8 Å². The van der Waals surface area contributed by atoms with Gasteiger partial charge in [-0.25, -0.2) is 4.79 Å². The molecular weight excluding hydrogens is 276 g/mol. The zero-order valence-corrected chi connectivity index (χ0v) is 14.1. The summed E-state index contributed by atoms with van der Waals surface area (Å²) in [5.41, 5.74) is 3.91. The van der Waals surface area contributed by atoms with E-state index in [-0.39, 0.29) is 11.4 Å². The van der Waals surface area contributed by atoms with Crippen molar-refractivity contribution in [2.75, 3.05) is 10.6 Å². The third kappa shape index (κ3) is 3.87. The standard InChI is InChI=1S/C17H24N4O/c1-11-7-12(2)9-13(8-11)18-16(22)19-15-10-14(17(3,4)5)20-21(15)6/h7-10H,1-6H3,(H2,18,19,22). The van der Waals surface area contributed by atoms with Crippen LogP contribution in [0.5, 0.6) is 0 Å². The van der Waals surface area contributed by atoms with Crippen LogP contribution >= 0.6 is 0 Å². The Morgan fingerprint density at radius 3 is 2.14 bits per heavy atom. The van der Waals surface area contributed by atoms with E-state index in [2.05, 4.69) is 42.6 Å². The van der Waals surface area contributed by atoms with Crippen molar-refractivity contribution in [1.29, 1.82) is 0 Å². The number of aromatic nitrogens is 2. The number of benzene rings is 1. The summed E-state index contributed by atoms with van der Waals surface area (Å²) in [6.45, 7) is 10.3. The lowest BCUT2D eigenvalue weighted by molar-refractivity contribution is 0.262. The average molecular weight is 300 g/mol. The van der Waals surface area contributed by atoms with Gasteiger partial charge in [0, 0.05) is 24.2 Å². The van der Waals surface area contributed by atoms with Crippen LogP contribution in [0.15, 0.2) is 24.3 Å². The van der Waals surface area contributed by atoms with Gasteiger partial charge < -0.3 is 5.32 Å². The minimum atomic E-state index is -0.270. The molecule has 0 fully saturated rings. The Morgan fingerprint density at radius 1 is 1.05 bits per heavy atom. The molecule has 0 aliphatic rings. The summed E-state index contributed by atoms with van der Waals surface area (Å²) in [5, 5.41) is 10.1. The summed E-state index contributed by atoms with van der Waals surface area (Å²) in [7, 11) is 1.82. The van der Waals surface area contributed by atoms with E-state index in [1.807, 2.05) is 39.1 Å². The van der Waals surface area contributed by atoms with Gasteiger partial charge in [-0.1, -0.05) is 26.8 Å². The lowest BCUT2D eigenvalue weighted by Gasteiger charge is -2.13. The van der Waals surface area contributed by atoms with E-state index in [0.29, 0.717) is 5.82 Å². The predicted octanol–water partition coefficient (Wildman–Crippen LogP) is 3.98. The Labute approximate surface area is 131 Å². The first-order valence-corrected chi connectivity index (χ1v) is 7.36. The fraction of sp³-hybridized carbons (Fsp3) is 0.412. The maximum atomic E-state index is 12.2. The molecule has 118 valence electrons. The van der Waals surface area contributed by atoms with Gasteiger partial charge >= 0.3 is 6.03 Å². The second-order valence-corrected chi connectivity index (χ2v) is 6.74. The Morgan fingerprint density at radius 2 is 1.64 bits per heavy atom. The molecule has 0 aliphatic carbocycles. The molecule has 0 atom stereocenters. The average Bonchev–Trinajstić information content (AvgIpc) is 2.69. The third-order valence-electron chi connectivity index (χ3n) is 3.37. The van der Waals surface area contributed by atoms with Crippen LogP contribution in [0.25, 0.3) is 0 Å². The van der Waals surface area contributed by atoms with Gasteiger partial charge in [0.15, 0.2) is 0 Å². The summed E-state index contributed by atoms with van der Waals surface area (Å²) in [4.78, 5) is 12.2. The molecule has 1 aromatic carbocycles. The molecule has 0 radical (unpaired) electrons. The Bertz CT molecular complexity index is 675. The molecule has 0 unspecified atom stereocenters. The van der Waals surface area contributed by atoms with Crippen LogP contribution in [0, 0.1) is 13.8 Å². The zero-order valence-electron chi connectivity index (χ0n) is 14.1. The number of carbonyl (C=O) groups is 1. The van der Waals surface area contributed by atoms with Crippen LogP contribution < -0.4 is 10.6 Å². The monoisotopic (exact) mass is 300 g/mol. The maximum absolute atomic E-state index is 12.2.